The van der Waals surface area contributed by atoms with Crippen LogP contribution in [0.3, 0.4) is 0 Å². The highest BCUT2D eigenvalue weighted by molar-refractivity contribution is 5.33. The van der Waals surface area contributed by atoms with Gasteiger partial charge in [-0.1, -0.05) is 48.0 Å². The van der Waals surface area contributed by atoms with Gasteiger partial charge in [-0.15, -0.1) is 0 Å². The van der Waals surface area contributed by atoms with Gasteiger partial charge in [0.05, 0.1) is 7.11 Å². The summed E-state index contributed by atoms with van der Waals surface area (Å²) in [5.74, 6) is 0.965. The predicted molar refractivity (Wildman–Crippen MR) is 88.8 cm³/mol. The summed E-state index contributed by atoms with van der Waals surface area (Å²) in [6.07, 6.45) is 1.06. The van der Waals surface area contributed by atoms with Gasteiger partial charge >= 0.3 is 0 Å². The van der Waals surface area contributed by atoms with Gasteiger partial charge in [-0.2, -0.15) is 0 Å². The molecule has 2 rings (SSSR count). The van der Waals surface area contributed by atoms with Crippen LogP contribution in [0.2, 0.25) is 0 Å². The quantitative estimate of drug-likeness (QED) is 0.792. The van der Waals surface area contributed by atoms with Crippen LogP contribution in [-0.4, -0.2) is 25.1 Å². The first kappa shape index (κ1) is 15.6. The second-order valence-electron chi connectivity index (χ2n) is 5.77. The van der Waals surface area contributed by atoms with E-state index in [-0.39, 0.29) is 0 Å². The van der Waals surface area contributed by atoms with Crippen LogP contribution in [0.5, 0.6) is 5.75 Å². The highest BCUT2D eigenvalue weighted by Crippen LogP contribution is 2.20. The number of ether oxygens (including phenoxy) is 1. The number of benzene rings is 2. The maximum absolute atomic E-state index is 5.43. The Kier molecular flexibility index (Phi) is 5.40. The number of methoxy groups -OCH3 is 1. The molecule has 0 spiro atoms. The van der Waals surface area contributed by atoms with Crippen LogP contribution in [0.1, 0.15) is 23.6 Å². The van der Waals surface area contributed by atoms with Crippen LogP contribution in [0, 0.1) is 6.92 Å². The van der Waals surface area contributed by atoms with E-state index in [1.54, 1.807) is 7.11 Å². The standard InChI is InChI=1S/C19H25NO/c1-15-9-11-17(12-10-15)13-16(2)20(3)14-18-7-5-6-8-19(18)21-4/h5-12,16H,13-14H2,1-4H3/t16-/m0/s1. The van der Waals surface area contributed by atoms with Crippen molar-refractivity contribution in [2.75, 3.05) is 14.2 Å². The first-order valence-electron chi connectivity index (χ1n) is 7.48. The van der Waals surface area contributed by atoms with Crippen LogP contribution >= 0.6 is 0 Å². The van der Waals surface area contributed by atoms with Gasteiger partial charge in [0.2, 0.25) is 0 Å². The molecule has 0 bridgehead atoms. The van der Waals surface area contributed by atoms with Gasteiger partial charge in [0.1, 0.15) is 5.75 Å². The van der Waals surface area contributed by atoms with Crippen LogP contribution in [0.15, 0.2) is 48.5 Å². The third kappa shape index (κ3) is 4.33. The van der Waals surface area contributed by atoms with Crippen molar-refractivity contribution in [1.82, 2.24) is 4.90 Å². The summed E-state index contributed by atoms with van der Waals surface area (Å²) in [7, 11) is 3.90. The van der Waals surface area contributed by atoms with E-state index in [0.29, 0.717) is 6.04 Å². The van der Waals surface area contributed by atoms with Gasteiger partial charge in [0, 0.05) is 18.2 Å². The van der Waals surface area contributed by atoms with Crippen molar-refractivity contribution in [2.45, 2.75) is 32.9 Å². The molecule has 112 valence electrons. The Balaban J connectivity index is 1.99. The van der Waals surface area contributed by atoms with Crippen molar-refractivity contribution in [3.63, 3.8) is 0 Å². The minimum absolute atomic E-state index is 0.484. The summed E-state index contributed by atoms with van der Waals surface area (Å²) in [5.41, 5.74) is 3.94. The van der Waals surface area contributed by atoms with E-state index in [2.05, 4.69) is 62.2 Å². The molecule has 0 saturated heterocycles. The van der Waals surface area contributed by atoms with Gasteiger partial charge in [0.25, 0.3) is 0 Å². The Hall–Kier alpha value is -1.80. The van der Waals surface area contributed by atoms with E-state index in [4.69, 9.17) is 4.74 Å². The average molecular weight is 283 g/mol. The van der Waals surface area contributed by atoms with Gasteiger partial charge in [-0.25, -0.2) is 0 Å². The van der Waals surface area contributed by atoms with Gasteiger partial charge < -0.3 is 4.74 Å². The van der Waals surface area contributed by atoms with Crippen LogP contribution in [0.4, 0.5) is 0 Å². The zero-order valence-corrected chi connectivity index (χ0v) is 13.5. The Labute approximate surface area is 128 Å². The number of hydrogen-bond donors (Lipinski definition) is 0. The first-order valence-corrected chi connectivity index (χ1v) is 7.48. The molecule has 2 heteroatoms. The van der Waals surface area contributed by atoms with Gasteiger partial charge in [-0.3, -0.25) is 4.90 Å². The second kappa shape index (κ2) is 7.28. The molecule has 0 saturated carbocycles. The molecular weight excluding hydrogens is 258 g/mol. The third-order valence-electron chi connectivity index (χ3n) is 4.02. The number of nitrogens with zero attached hydrogens (tertiary/aromatic N) is 1. The molecule has 0 radical (unpaired) electrons. The summed E-state index contributed by atoms with van der Waals surface area (Å²) in [6.45, 7) is 5.30. The predicted octanol–water partition coefficient (Wildman–Crippen LogP) is 4.07. The Morgan fingerprint density at radius 1 is 1.05 bits per heavy atom. The first-order chi connectivity index (χ1) is 10.1. The average Bonchev–Trinajstić information content (AvgIpc) is 2.50. The van der Waals surface area contributed by atoms with E-state index in [1.165, 1.54) is 16.7 Å². The van der Waals surface area contributed by atoms with Crippen LogP contribution in [0.25, 0.3) is 0 Å². The number of rotatable bonds is 6. The summed E-state index contributed by atoms with van der Waals surface area (Å²) in [5, 5.41) is 0. The lowest BCUT2D eigenvalue weighted by molar-refractivity contribution is 0.244. The van der Waals surface area contributed by atoms with Crippen LogP contribution < -0.4 is 4.74 Å². The number of aryl methyl sites for hydroxylation is 1. The van der Waals surface area contributed by atoms with Gasteiger partial charge in [-0.05, 0) is 38.9 Å². The molecule has 0 aliphatic rings. The molecule has 2 aromatic carbocycles. The van der Waals surface area contributed by atoms with E-state index >= 15 is 0 Å². The smallest absolute Gasteiger partial charge is 0.123 e. The number of hydrogen-bond acceptors (Lipinski definition) is 2. The lowest BCUT2D eigenvalue weighted by Gasteiger charge is -2.25. The molecule has 0 aromatic heterocycles. The number of para-hydroxylation sites is 1. The highest BCUT2D eigenvalue weighted by Gasteiger charge is 2.12. The summed E-state index contributed by atoms with van der Waals surface area (Å²) in [4.78, 5) is 2.37. The molecule has 0 amide bonds. The largest absolute Gasteiger partial charge is 0.496 e. The SMILES string of the molecule is COc1ccccc1CN(C)[C@@H](C)Cc1ccc(C)cc1. The maximum Gasteiger partial charge on any atom is 0.123 e. The van der Waals surface area contributed by atoms with Gasteiger partial charge in [0.15, 0.2) is 0 Å². The minimum atomic E-state index is 0.484. The summed E-state index contributed by atoms with van der Waals surface area (Å²) >= 11 is 0. The second-order valence-corrected chi connectivity index (χ2v) is 5.77. The van der Waals surface area contributed by atoms with Crippen molar-refractivity contribution in [3.8, 4) is 5.75 Å². The highest BCUT2D eigenvalue weighted by atomic mass is 16.5. The van der Waals surface area contributed by atoms with Crippen LogP contribution in [-0.2, 0) is 13.0 Å². The van der Waals surface area contributed by atoms with Crippen molar-refractivity contribution in [3.05, 3.63) is 65.2 Å². The third-order valence-corrected chi connectivity index (χ3v) is 4.02. The molecular formula is C19H25NO. The molecule has 0 N–H and O–H groups in total. The van der Waals surface area contributed by atoms with E-state index in [0.717, 1.165) is 18.7 Å². The van der Waals surface area contributed by atoms with Crippen molar-refractivity contribution >= 4 is 0 Å². The molecule has 0 aliphatic carbocycles. The topological polar surface area (TPSA) is 12.5 Å². The van der Waals surface area contributed by atoms with Crippen molar-refractivity contribution in [1.29, 1.82) is 0 Å². The van der Waals surface area contributed by atoms with E-state index in [1.807, 2.05) is 12.1 Å². The fourth-order valence-corrected chi connectivity index (χ4v) is 2.48. The lowest BCUT2D eigenvalue weighted by Crippen LogP contribution is -2.30. The fraction of sp³-hybridized carbons (Fsp3) is 0.368. The number of likely N-dealkylation sites (N-methyl/N-ethyl adjacent to an activating group) is 1. The Bertz CT molecular complexity index is 562. The van der Waals surface area contributed by atoms with Crippen molar-refractivity contribution < 1.29 is 4.74 Å². The van der Waals surface area contributed by atoms with E-state index < -0.39 is 0 Å². The normalized spacial score (nSPS) is 12.4. The molecule has 1 atom stereocenters. The summed E-state index contributed by atoms with van der Waals surface area (Å²) < 4.78 is 5.43. The zero-order valence-electron chi connectivity index (χ0n) is 13.5. The molecule has 0 fully saturated rings. The van der Waals surface area contributed by atoms with E-state index in [9.17, 15) is 0 Å². The monoisotopic (exact) mass is 283 g/mol. The molecule has 2 nitrogen and oxygen atoms in total. The Morgan fingerprint density at radius 2 is 1.71 bits per heavy atom. The molecule has 21 heavy (non-hydrogen) atoms. The Morgan fingerprint density at radius 3 is 2.38 bits per heavy atom. The molecule has 0 unspecified atom stereocenters. The minimum Gasteiger partial charge on any atom is -0.496 e. The molecule has 0 heterocycles. The molecule has 2 aromatic rings. The summed E-state index contributed by atoms with van der Waals surface area (Å²) in [6, 6.07) is 17.5. The van der Waals surface area contributed by atoms with Crippen molar-refractivity contribution in [2.24, 2.45) is 0 Å². The fourth-order valence-electron chi connectivity index (χ4n) is 2.48. The maximum atomic E-state index is 5.43. The zero-order chi connectivity index (χ0) is 15.2. The lowest BCUT2D eigenvalue weighted by atomic mass is 10.0. The molecule has 0 aliphatic heterocycles.